The molecule has 292 valence electrons. The van der Waals surface area contributed by atoms with E-state index in [1.807, 2.05) is 6.07 Å². The number of halogens is 3. The fourth-order valence-electron chi connectivity index (χ4n) is 7.21. The van der Waals surface area contributed by atoms with Gasteiger partial charge in [-0.2, -0.15) is 4.31 Å². The maximum absolute atomic E-state index is 13.2. The van der Waals surface area contributed by atoms with E-state index in [2.05, 4.69) is 50.7 Å². The van der Waals surface area contributed by atoms with Crippen molar-refractivity contribution in [3.05, 3.63) is 48.0 Å². The second-order valence-corrected chi connectivity index (χ2v) is 21.1. The molecule has 3 saturated heterocycles. The summed E-state index contributed by atoms with van der Waals surface area (Å²) in [7, 11) is -2.22. The molecule has 2 aromatic carbocycles. The van der Waals surface area contributed by atoms with E-state index in [9.17, 15) is 25.6 Å². The molecule has 0 radical (unpaired) electrons. The van der Waals surface area contributed by atoms with Crippen LogP contribution in [-0.2, 0) is 52.5 Å². The molecule has 2 aromatic heterocycles. The molecular formula is C37H50ClF2N5O6S2. The van der Waals surface area contributed by atoms with Crippen LogP contribution >= 0.6 is 10.7 Å². The highest BCUT2D eigenvalue weighted by Crippen LogP contribution is 2.35. The zero-order valence-corrected chi connectivity index (χ0v) is 33.6. The highest BCUT2D eigenvalue weighted by molar-refractivity contribution is 8.13. The number of rotatable bonds is 7. The van der Waals surface area contributed by atoms with Crippen LogP contribution in [0.2, 0.25) is 0 Å². The Morgan fingerprint density at radius 2 is 1.11 bits per heavy atom. The van der Waals surface area contributed by atoms with Crippen LogP contribution in [0.15, 0.2) is 46.2 Å². The van der Waals surface area contributed by atoms with E-state index in [-0.39, 0.29) is 20.6 Å². The molecule has 0 bridgehead atoms. The van der Waals surface area contributed by atoms with Crippen LogP contribution in [0.3, 0.4) is 0 Å². The molecule has 0 aliphatic carbocycles. The van der Waals surface area contributed by atoms with Crippen LogP contribution < -0.4 is 0 Å². The van der Waals surface area contributed by atoms with E-state index in [0.29, 0.717) is 22.9 Å². The van der Waals surface area contributed by atoms with Gasteiger partial charge in [-0.15, -0.1) is 0 Å². The standard InChI is InChI=1S/C20H27F2N3O3S.C17H23ClN2O3S/c1-19(2,3)18-23-16-10-15(29(26,27)24-12-20(21,22)13-24)4-5-17(16)25(18)11-14-6-8-28-9-7-14;1-17(2,3)16-19-14-10-13(24(18,21)22)4-5-15(14)20(16)11-12-6-8-23-9-7-12/h4-5,10,14H,6-9,11-13H2,1-3H3;4-5,10,12H,6-9,11H2,1-3H3. The molecule has 4 aromatic rings. The number of fused-ring (bicyclic) bond motifs is 2. The molecule has 3 fully saturated rings. The molecule has 0 spiro atoms. The van der Waals surface area contributed by atoms with Crippen molar-refractivity contribution in [3.63, 3.8) is 0 Å². The molecule has 3 aliphatic heterocycles. The second kappa shape index (κ2) is 14.8. The normalized spacial score (nSPS) is 19.6. The molecule has 0 amide bonds. The molecule has 5 heterocycles. The maximum Gasteiger partial charge on any atom is 0.275 e. The fourth-order valence-corrected chi connectivity index (χ4v) is 9.50. The number of imidazole rings is 2. The van der Waals surface area contributed by atoms with Crippen molar-refractivity contribution in [1.82, 2.24) is 23.4 Å². The van der Waals surface area contributed by atoms with E-state index in [0.717, 1.165) is 92.2 Å². The Bertz CT molecular complexity index is 2170. The van der Waals surface area contributed by atoms with E-state index < -0.39 is 38.1 Å². The third-order valence-electron chi connectivity index (χ3n) is 10.1. The van der Waals surface area contributed by atoms with Gasteiger partial charge in [0.25, 0.3) is 15.0 Å². The lowest BCUT2D eigenvalue weighted by Crippen LogP contribution is -2.58. The highest BCUT2D eigenvalue weighted by atomic mass is 35.7. The SMILES string of the molecule is CC(C)(C)c1nc2cc(S(=O)(=O)Cl)ccc2n1CC1CCOCC1.CC(C)(C)c1nc2cc(S(=O)(=O)N3CC(F)(F)C3)ccc2n1CC1CCOCC1. The summed E-state index contributed by atoms with van der Waals surface area (Å²) in [6, 6.07) is 9.69. The quantitative estimate of drug-likeness (QED) is 0.182. The predicted molar refractivity (Wildman–Crippen MR) is 201 cm³/mol. The van der Waals surface area contributed by atoms with Crippen molar-refractivity contribution in [2.24, 2.45) is 11.8 Å². The van der Waals surface area contributed by atoms with Crippen molar-refractivity contribution in [2.75, 3.05) is 39.5 Å². The molecule has 53 heavy (non-hydrogen) atoms. The zero-order valence-electron chi connectivity index (χ0n) is 31.2. The van der Waals surface area contributed by atoms with Gasteiger partial charge in [-0.05, 0) is 73.9 Å². The summed E-state index contributed by atoms with van der Waals surface area (Å²) >= 11 is 0. The molecule has 0 N–H and O–H groups in total. The maximum atomic E-state index is 13.2. The van der Waals surface area contributed by atoms with Crippen molar-refractivity contribution < 1.29 is 35.1 Å². The first-order valence-corrected chi connectivity index (χ1v) is 21.9. The summed E-state index contributed by atoms with van der Waals surface area (Å²) < 4.78 is 91.1. The van der Waals surface area contributed by atoms with E-state index in [4.69, 9.17) is 30.1 Å². The Morgan fingerprint density at radius 3 is 1.49 bits per heavy atom. The Labute approximate surface area is 315 Å². The van der Waals surface area contributed by atoms with E-state index in [1.165, 1.54) is 12.1 Å². The van der Waals surface area contributed by atoms with Crippen molar-refractivity contribution in [2.45, 2.75) is 107 Å². The number of hydrogen-bond donors (Lipinski definition) is 0. The first-order valence-electron chi connectivity index (χ1n) is 18.1. The number of ether oxygens (including phenoxy) is 2. The Balaban J connectivity index is 0.000000185. The van der Waals surface area contributed by atoms with E-state index in [1.54, 1.807) is 18.2 Å². The van der Waals surface area contributed by atoms with Crippen molar-refractivity contribution in [3.8, 4) is 0 Å². The zero-order chi connectivity index (χ0) is 38.6. The molecule has 0 atom stereocenters. The number of aromatic nitrogens is 4. The Hall–Kier alpha value is -2.69. The van der Waals surface area contributed by atoms with Gasteiger partial charge < -0.3 is 18.6 Å². The molecular weight excluding hydrogens is 748 g/mol. The molecule has 0 saturated carbocycles. The predicted octanol–water partition coefficient (Wildman–Crippen LogP) is 7.09. The Morgan fingerprint density at radius 1 is 0.717 bits per heavy atom. The highest BCUT2D eigenvalue weighted by Gasteiger charge is 2.50. The molecule has 0 unspecified atom stereocenters. The van der Waals surface area contributed by atoms with Gasteiger partial charge in [0.2, 0.25) is 10.0 Å². The van der Waals surface area contributed by atoms with Crippen molar-refractivity contribution in [1.29, 1.82) is 0 Å². The van der Waals surface area contributed by atoms with Crippen LogP contribution in [0.4, 0.5) is 8.78 Å². The fraction of sp³-hybridized carbons (Fsp3) is 0.622. The lowest BCUT2D eigenvalue weighted by molar-refractivity contribution is -0.0945. The van der Waals surface area contributed by atoms with Gasteiger partial charge in [0, 0.05) is 61.0 Å². The third kappa shape index (κ3) is 8.91. The minimum Gasteiger partial charge on any atom is -0.381 e. The number of benzene rings is 2. The molecule has 16 heteroatoms. The first-order chi connectivity index (χ1) is 24.6. The minimum absolute atomic E-state index is 0.0108. The lowest BCUT2D eigenvalue weighted by atomic mass is 9.94. The van der Waals surface area contributed by atoms with Gasteiger partial charge in [-0.25, -0.2) is 35.6 Å². The van der Waals surface area contributed by atoms with Crippen LogP contribution in [0.5, 0.6) is 0 Å². The molecule has 11 nitrogen and oxygen atoms in total. The third-order valence-corrected chi connectivity index (χ3v) is 13.2. The molecule has 7 rings (SSSR count). The summed E-state index contributed by atoms with van der Waals surface area (Å²) in [5.74, 6) is -0.0539. The van der Waals surface area contributed by atoms with Crippen molar-refractivity contribution >= 4 is 51.8 Å². The lowest BCUT2D eigenvalue weighted by Gasteiger charge is -2.37. The van der Waals surface area contributed by atoms with Gasteiger partial charge in [0.1, 0.15) is 11.6 Å². The second-order valence-electron chi connectivity index (χ2n) is 16.6. The summed E-state index contributed by atoms with van der Waals surface area (Å²) in [4.78, 5) is 9.59. The summed E-state index contributed by atoms with van der Waals surface area (Å²) in [6.07, 6.45) is 4.05. The number of sulfonamides is 1. The number of nitrogens with zero attached hydrogens (tertiary/aromatic N) is 5. The number of alkyl halides is 2. The molecule has 3 aliphatic rings. The van der Waals surface area contributed by atoms with Crippen LogP contribution in [0.25, 0.3) is 22.1 Å². The van der Waals surface area contributed by atoms with Gasteiger partial charge in [-0.1, -0.05) is 41.5 Å². The minimum atomic E-state index is -3.94. The number of hydrogen-bond acceptors (Lipinski definition) is 8. The first kappa shape index (κ1) is 40.0. The monoisotopic (exact) mass is 797 g/mol. The largest absolute Gasteiger partial charge is 0.381 e. The van der Waals surface area contributed by atoms with Gasteiger partial charge >= 0.3 is 0 Å². The Kier molecular flexibility index (Phi) is 11.1. The summed E-state index contributed by atoms with van der Waals surface area (Å²) in [5, 5.41) is 0. The average Bonchev–Trinajstić information content (AvgIpc) is 3.62. The van der Waals surface area contributed by atoms with Crippen LogP contribution in [0.1, 0.15) is 78.9 Å². The van der Waals surface area contributed by atoms with Gasteiger partial charge in [0.05, 0.1) is 44.9 Å². The summed E-state index contributed by atoms with van der Waals surface area (Å²) in [6.45, 7) is 15.9. The average molecular weight is 798 g/mol. The smallest absolute Gasteiger partial charge is 0.275 e. The van der Waals surface area contributed by atoms with Gasteiger partial charge in [-0.3, -0.25) is 0 Å². The van der Waals surface area contributed by atoms with E-state index >= 15 is 0 Å². The van der Waals surface area contributed by atoms with Gasteiger partial charge in [0.15, 0.2) is 0 Å². The van der Waals surface area contributed by atoms with Crippen LogP contribution in [0, 0.1) is 11.8 Å². The topological polar surface area (TPSA) is 126 Å². The summed E-state index contributed by atoms with van der Waals surface area (Å²) in [5.41, 5.74) is 2.72. The van der Waals surface area contributed by atoms with Crippen LogP contribution in [-0.4, -0.2) is 85.7 Å².